The summed E-state index contributed by atoms with van der Waals surface area (Å²) in [5.74, 6) is 1.25. The number of nitrogen functional groups attached to an aromatic ring is 1. The summed E-state index contributed by atoms with van der Waals surface area (Å²) in [4.78, 5) is 14.9. The van der Waals surface area contributed by atoms with Crippen molar-refractivity contribution in [3.05, 3.63) is 47.7 Å². The minimum Gasteiger partial charge on any atom is -0.393 e. The molecule has 0 radical (unpaired) electrons. The van der Waals surface area contributed by atoms with Crippen molar-refractivity contribution in [1.29, 1.82) is 0 Å². The van der Waals surface area contributed by atoms with Gasteiger partial charge in [-0.1, -0.05) is 12.1 Å². The van der Waals surface area contributed by atoms with E-state index in [4.69, 9.17) is 5.73 Å². The standard InChI is InChI=1S/C16H18N6S/c1-3-22(12-6-4-5-11(2)9-12)15-13(17)14(19-10-20-15)21-16-18-7-8-23-16/h4-10H,3,17H2,1-2H3,(H,18,19,20,21). The Kier molecular flexibility index (Phi) is 4.38. The first-order chi connectivity index (χ1) is 11.2. The van der Waals surface area contributed by atoms with Crippen molar-refractivity contribution < 1.29 is 0 Å². The highest BCUT2D eigenvalue weighted by molar-refractivity contribution is 7.13. The molecule has 0 unspecified atom stereocenters. The van der Waals surface area contributed by atoms with Gasteiger partial charge in [-0.05, 0) is 31.5 Å². The zero-order valence-corrected chi connectivity index (χ0v) is 13.8. The Hall–Kier alpha value is -2.67. The molecule has 6 nitrogen and oxygen atoms in total. The molecule has 7 heteroatoms. The Morgan fingerprint density at radius 2 is 2.13 bits per heavy atom. The first kappa shape index (κ1) is 15.2. The van der Waals surface area contributed by atoms with Crippen molar-refractivity contribution in [3.8, 4) is 0 Å². The Bertz CT molecular complexity index is 787. The molecule has 0 saturated carbocycles. The van der Waals surface area contributed by atoms with E-state index in [2.05, 4.69) is 51.1 Å². The highest BCUT2D eigenvalue weighted by Crippen LogP contribution is 2.33. The predicted octanol–water partition coefficient (Wildman–Crippen LogP) is 3.73. The number of nitrogens with zero attached hydrogens (tertiary/aromatic N) is 4. The first-order valence-electron chi connectivity index (χ1n) is 7.30. The van der Waals surface area contributed by atoms with Crippen LogP contribution in [0.25, 0.3) is 0 Å². The van der Waals surface area contributed by atoms with Gasteiger partial charge < -0.3 is 16.0 Å². The van der Waals surface area contributed by atoms with Crippen LogP contribution in [0.4, 0.5) is 28.1 Å². The summed E-state index contributed by atoms with van der Waals surface area (Å²) in [6.45, 7) is 4.88. The van der Waals surface area contributed by atoms with Gasteiger partial charge in [0.05, 0.1) is 0 Å². The van der Waals surface area contributed by atoms with E-state index in [0.717, 1.165) is 17.4 Å². The van der Waals surface area contributed by atoms with Crippen LogP contribution in [-0.4, -0.2) is 21.5 Å². The summed E-state index contributed by atoms with van der Waals surface area (Å²) in [7, 11) is 0. The van der Waals surface area contributed by atoms with Gasteiger partial charge in [0.2, 0.25) is 0 Å². The number of nitrogens with two attached hydrogens (primary N) is 1. The fourth-order valence-electron chi connectivity index (χ4n) is 2.34. The third-order valence-electron chi connectivity index (χ3n) is 3.41. The third-order valence-corrected chi connectivity index (χ3v) is 4.09. The highest BCUT2D eigenvalue weighted by atomic mass is 32.1. The molecular weight excluding hydrogens is 308 g/mol. The van der Waals surface area contributed by atoms with Crippen LogP contribution in [0.5, 0.6) is 0 Å². The molecule has 0 atom stereocenters. The molecule has 0 amide bonds. The number of thiazole rings is 1. The molecule has 1 aromatic carbocycles. The summed E-state index contributed by atoms with van der Waals surface area (Å²) in [5.41, 5.74) is 9.05. The molecule has 3 N–H and O–H groups in total. The van der Waals surface area contributed by atoms with Gasteiger partial charge in [-0.3, -0.25) is 0 Å². The summed E-state index contributed by atoms with van der Waals surface area (Å²) >= 11 is 1.49. The van der Waals surface area contributed by atoms with E-state index in [1.54, 1.807) is 6.20 Å². The molecule has 3 rings (SSSR count). The minimum atomic E-state index is 0.506. The van der Waals surface area contributed by atoms with Crippen molar-refractivity contribution in [3.63, 3.8) is 0 Å². The fourth-order valence-corrected chi connectivity index (χ4v) is 2.87. The molecule has 0 fully saturated rings. The zero-order chi connectivity index (χ0) is 16.2. The van der Waals surface area contributed by atoms with Crippen molar-refractivity contribution >= 4 is 39.5 Å². The lowest BCUT2D eigenvalue weighted by Gasteiger charge is -2.24. The Balaban J connectivity index is 1.98. The Morgan fingerprint density at radius 1 is 1.26 bits per heavy atom. The van der Waals surface area contributed by atoms with E-state index in [1.165, 1.54) is 23.2 Å². The molecule has 23 heavy (non-hydrogen) atoms. The summed E-state index contributed by atoms with van der Waals surface area (Å²) in [5, 5.41) is 5.78. The molecule has 3 aromatic rings. The van der Waals surface area contributed by atoms with E-state index in [0.29, 0.717) is 17.3 Å². The van der Waals surface area contributed by atoms with E-state index in [9.17, 15) is 0 Å². The van der Waals surface area contributed by atoms with E-state index >= 15 is 0 Å². The normalized spacial score (nSPS) is 10.5. The second-order valence-corrected chi connectivity index (χ2v) is 5.90. The minimum absolute atomic E-state index is 0.506. The van der Waals surface area contributed by atoms with Crippen molar-refractivity contribution in [1.82, 2.24) is 15.0 Å². The molecule has 0 aliphatic carbocycles. The lowest BCUT2D eigenvalue weighted by atomic mass is 10.2. The fraction of sp³-hybridized carbons (Fsp3) is 0.188. The number of hydrogen-bond acceptors (Lipinski definition) is 7. The molecule has 0 aliphatic heterocycles. The van der Waals surface area contributed by atoms with E-state index in [1.807, 2.05) is 17.5 Å². The number of hydrogen-bond donors (Lipinski definition) is 2. The maximum Gasteiger partial charge on any atom is 0.188 e. The summed E-state index contributed by atoms with van der Waals surface area (Å²) < 4.78 is 0. The number of aryl methyl sites for hydroxylation is 1. The number of anilines is 5. The summed E-state index contributed by atoms with van der Waals surface area (Å²) in [6.07, 6.45) is 3.25. The average molecular weight is 326 g/mol. The average Bonchev–Trinajstić information content (AvgIpc) is 3.05. The van der Waals surface area contributed by atoms with E-state index in [-0.39, 0.29) is 0 Å². The van der Waals surface area contributed by atoms with Crippen LogP contribution >= 0.6 is 11.3 Å². The Labute approximate surface area is 139 Å². The third kappa shape index (κ3) is 3.24. The maximum absolute atomic E-state index is 6.30. The predicted molar refractivity (Wildman–Crippen MR) is 95.7 cm³/mol. The molecule has 118 valence electrons. The van der Waals surface area contributed by atoms with Crippen LogP contribution in [0.3, 0.4) is 0 Å². The topological polar surface area (TPSA) is 80.0 Å². The highest BCUT2D eigenvalue weighted by Gasteiger charge is 2.16. The van der Waals surface area contributed by atoms with Gasteiger partial charge in [-0.15, -0.1) is 11.3 Å². The van der Waals surface area contributed by atoms with Crippen molar-refractivity contribution in [2.45, 2.75) is 13.8 Å². The molecule has 0 aliphatic rings. The lowest BCUT2D eigenvalue weighted by molar-refractivity contribution is 0.979. The number of benzene rings is 1. The van der Waals surface area contributed by atoms with Crippen molar-refractivity contribution in [2.24, 2.45) is 0 Å². The monoisotopic (exact) mass is 326 g/mol. The molecule has 2 aromatic heterocycles. The van der Waals surface area contributed by atoms with Crippen LogP contribution in [-0.2, 0) is 0 Å². The second kappa shape index (κ2) is 6.62. The lowest BCUT2D eigenvalue weighted by Crippen LogP contribution is -2.20. The van der Waals surface area contributed by atoms with Gasteiger partial charge in [-0.25, -0.2) is 15.0 Å². The molecule has 0 bridgehead atoms. The van der Waals surface area contributed by atoms with Gasteiger partial charge in [-0.2, -0.15) is 0 Å². The van der Waals surface area contributed by atoms with Crippen LogP contribution in [0, 0.1) is 6.92 Å². The van der Waals surface area contributed by atoms with Gasteiger partial charge >= 0.3 is 0 Å². The smallest absolute Gasteiger partial charge is 0.188 e. The molecule has 0 saturated heterocycles. The van der Waals surface area contributed by atoms with Gasteiger partial charge in [0.15, 0.2) is 16.8 Å². The summed E-state index contributed by atoms with van der Waals surface area (Å²) in [6, 6.07) is 8.25. The molecular formula is C16H18N6S. The first-order valence-corrected chi connectivity index (χ1v) is 8.18. The second-order valence-electron chi connectivity index (χ2n) is 5.01. The van der Waals surface area contributed by atoms with Gasteiger partial charge in [0.25, 0.3) is 0 Å². The number of aromatic nitrogens is 3. The molecule has 2 heterocycles. The van der Waals surface area contributed by atoms with Gasteiger partial charge in [0.1, 0.15) is 12.0 Å². The van der Waals surface area contributed by atoms with Crippen LogP contribution < -0.4 is 16.0 Å². The quantitative estimate of drug-likeness (QED) is 0.744. The van der Waals surface area contributed by atoms with Gasteiger partial charge in [0, 0.05) is 23.8 Å². The van der Waals surface area contributed by atoms with Crippen LogP contribution in [0.1, 0.15) is 12.5 Å². The van der Waals surface area contributed by atoms with Crippen LogP contribution in [0.15, 0.2) is 42.2 Å². The van der Waals surface area contributed by atoms with E-state index < -0.39 is 0 Å². The number of nitrogens with one attached hydrogen (secondary N) is 1. The zero-order valence-electron chi connectivity index (χ0n) is 13.0. The number of rotatable bonds is 5. The Morgan fingerprint density at radius 3 is 2.83 bits per heavy atom. The van der Waals surface area contributed by atoms with Crippen molar-refractivity contribution in [2.75, 3.05) is 22.5 Å². The SMILES string of the molecule is CCN(c1cccc(C)c1)c1ncnc(Nc2nccs2)c1N. The maximum atomic E-state index is 6.30. The molecule has 0 spiro atoms. The van der Waals surface area contributed by atoms with Crippen LogP contribution in [0.2, 0.25) is 0 Å². The largest absolute Gasteiger partial charge is 0.393 e.